The fraction of sp³-hybridized carbons (Fsp3) is 0.429. The molecule has 6 heteroatoms. The van der Waals surface area contributed by atoms with Crippen molar-refractivity contribution in [2.45, 2.75) is 32.2 Å². The zero-order chi connectivity index (χ0) is 14.5. The van der Waals surface area contributed by atoms with E-state index in [1.165, 1.54) is 0 Å². The third kappa shape index (κ3) is 3.64. The second kappa shape index (κ2) is 6.95. The van der Waals surface area contributed by atoms with Gasteiger partial charge in [0.05, 0.1) is 11.0 Å². The van der Waals surface area contributed by atoms with E-state index in [-0.39, 0.29) is 5.91 Å². The fourth-order valence-corrected chi connectivity index (χ4v) is 2.58. The number of nitrogens with two attached hydrogens (primary N) is 1. The number of nitrogens with zero attached hydrogens (tertiary/aromatic N) is 2. The molecule has 0 bridgehead atoms. The third-order valence-corrected chi connectivity index (χ3v) is 3.59. The van der Waals surface area contributed by atoms with Gasteiger partial charge in [0, 0.05) is 30.3 Å². The molecule has 0 atom stereocenters. The average Bonchev–Trinajstić information content (AvgIpc) is 2.72. The summed E-state index contributed by atoms with van der Waals surface area (Å²) in [4.78, 5) is 15.3. The van der Waals surface area contributed by atoms with Gasteiger partial charge in [-0.25, -0.2) is 4.98 Å². The van der Waals surface area contributed by atoms with Gasteiger partial charge in [-0.2, -0.15) is 0 Å². The predicted octanol–water partition coefficient (Wildman–Crippen LogP) is 3.13. The van der Waals surface area contributed by atoms with Crippen LogP contribution in [0.1, 0.15) is 25.1 Å². The Hall–Kier alpha value is -1.26. The lowest BCUT2D eigenvalue weighted by Gasteiger charge is -2.08. The summed E-state index contributed by atoms with van der Waals surface area (Å²) in [5.74, 6) is 1.22. The quantitative estimate of drug-likeness (QED) is 0.630. The van der Waals surface area contributed by atoms with E-state index in [1.807, 2.05) is 18.2 Å². The molecule has 0 saturated carbocycles. The van der Waals surface area contributed by atoms with Crippen LogP contribution in [0.3, 0.4) is 0 Å². The summed E-state index contributed by atoms with van der Waals surface area (Å²) < 4.78 is 2.15. The van der Waals surface area contributed by atoms with Crippen LogP contribution < -0.4 is 5.73 Å². The lowest BCUT2D eigenvalue weighted by molar-refractivity contribution is -0.118. The fourth-order valence-electron chi connectivity index (χ4n) is 2.25. The Morgan fingerprint density at radius 3 is 2.85 bits per heavy atom. The van der Waals surface area contributed by atoms with E-state index in [9.17, 15) is 4.79 Å². The summed E-state index contributed by atoms with van der Waals surface area (Å²) in [6, 6.07) is 5.68. The number of rotatable bonds is 7. The molecule has 0 fully saturated rings. The second-order valence-corrected chi connectivity index (χ2v) is 5.49. The molecule has 4 nitrogen and oxygen atoms in total. The number of carbonyl (C=O) groups is 1. The second-order valence-electron chi connectivity index (χ2n) is 4.68. The van der Waals surface area contributed by atoms with Crippen molar-refractivity contribution in [1.29, 1.82) is 0 Å². The molecule has 1 amide bonds. The number of amides is 1. The summed E-state index contributed by atoms with van der Waals surface area (Å²) >= 11 is 11.8. The monoisotopic (exact) mass is 313 g/mol. The number of imidazole rings is 1. The van der Waals surface area contributed by atoms with Crippen molar-refractivity contribution in [3.8, 4) is 0 Å². The number of benzene rings is 1. The first-order valence-corrected chi connectivity index (χ1v) is 7.52. The normalized spacial score (nSPS) is 11.1. The van der Waals surface area contributed by atoms with Gasteiger partial charge in [-0.15, -0.1) is 11.6 Å². The van der Waals surface area contributed by atoms with Crippen LogP contribution in [0.5, 0.6) is 0 Å². The van der Waals surface area contributed by atoms with Gasteiger partial charge in [-0.05, 0) is 31.0 Å². The molecule has 0 aliphatic heterocycles. The van der Waals surface area contributed by atoms with Crippen molar-refractivity contribution in [2.75, 3.05) is 5.88 Å². The lowest BCUT2D eigenvalue weighted by Crippen LogP contribution is -2.11. The molecule has 1 aromatic heterocycles. The summed E-state index contributed by atoms with van der Waals surface area (Å²) in [5, 5.41) is 0.674. The molecule has 1 heterocycles. The number of alkyl halides is 1. The number of primary amides is 1. The van der Waals surface area contributed by atoms with Crippen molar-refractivity contribution >= 4 is 40.1 Å². The summed E-state index contributed by atoms with van der Waals surface area (Å²) in [5.41, 5.74) is 7.08. The molecular formula is C14H17Cl2N3O. The Kier molecular flexibility index (Phi) is 5.26. The SMILES string of the molecule is NC(=O)CCCCn1c(CCCl)nc2cc(Cl)ccc21. The van der Waals surface area contributed by atoms with E-state index in [0.717, 1.165) is 36.2 Å². The van der Waals surface area contributed by atoms with Crippen molar-refractivity contribution in [1.82, 2.24) is 9.55 Å². The maximum atomic E-state index is 10.8. The number of aromatic nitrogens is 2. The molecule has 0 saturated heterocycles. The first-order chi connectivity index (χ1) is 9.61. The van der Waals surface area contributed by atoms with Crippen LogP contribution in [0, 0.1) is 0 Å². The predicted molar refractivity (Wildman–Crippen MR) is 82.2 cm³/mol. The first-order valence-electron chi connectivity index (χ1n) is 6.60. The third-order valence-electron chi connectivity index (χ3n) is 3.16. The Bertz CT molecular complexity index is 610. The molecular weight excluding hydrogens is 297 g/mol. The van der Waals surface area contributed by atoms with Gasteiger partial charge < -0.3 is 10.3 Å². The molecule has 0 spiro atoms. The maximum Gasteiger partial charge on any atom is 0.217 e. The van der Waals surface area contributed by atoms with Crippen molar-refractivity contribution in [3.05, 3.63) is 29.0 Å². The number of hydrogen-bond donors (Lipinski definition) is 1. The minimum Gasteiger partial charge on any atom is -0.370 e. The van der Waals surface area contributed by atoms with Gasteiger partial charge in [-0.3, -0.25) is 4.79 Å². The lowest BCUT2D eigenvalue weighted by atomic mass is 10.2. The number of carbonyl (C=O) groups excluding carboxylic acids is 1. The topological polar surface area (TPSA) is 60.9 Å². The van der Waals surface area contributed by atoms with E-state index in [1.54, 1.807) is 0 Å². The Morgan fingerprint density at radius 1 is 1.35 bits per heavy atom. The van der Waals surface area contributed by atoms with Crippen LogP contribution in [-0.4, -0.2) is 21.3 Å². The van der Waals surface area contributed by atoms with Gasteiger partial charge >= 0.3 is 0 Å². The van der Waals surface area contributed by atoms with Gasteiger partial charge in [0.2, 0.25) is 5.91 Å². The first kappa shape index (κ1) is 15.1. The van der Waals surface area contributed by atoms with Crippen LogP contribution in [0.4, 0.5) is 0 Å². The van der Waals surface area contributed by atoms with Crippen LogP contribution in [0.15, 0.2) is 18.2 Å². The average molecular weight is 314 g/mol. The van der Waals surface area contributed by atoms with E-state index in [2.05, 4.69) is 9.55 Å². The number of fused-ring (bicyclic) bond motifs is 1. The Labute approximate surface area is 127 Å². The summed E-state index contributed by atoms with van der Waals surface area (Å²) in [6.45, 7) is 0.803. The van der Waals surface area contributed by atoms with Crippen LogP contribution in [0.25, 0.3) is 11.0 Å². The largest absolute Gasteiger partial charge is 0.370 e. The highest BCUT2D eigenvalue weighted by molar-refractivity contribution is 6.31. The summed E-state index contributed by atoms with van der Waals surface area (Å²) in [6.07, 6.45) is 2.79. The molecule has 1 aromatic carbocycles. The maximum absolute atomic E-state index is 10.8. The molecule has 20 heavy (non-hydrogen) atoms. The molecule has 0 aliphatic carbocycles. The molecule has 0 aliphatic rings. The number of halogens is 2. The van der Waals surface area contributed by atoms with Gasteiger partial charge in [0.1, 0.15) is 5.82 Å². The molecule has 2 aromatic rings. The molecule has 108 valence electrons. The van der Waals surface area contributed by atoms with Crippen LogP contribution >= 0.6 is 23.2 Å². The zero-order valence-corrected chi connectivity index (χ0v) is 12.6. The minimum absolute atomic E-state index is 0.256. The van der Waals surface area contributed by atoms with Crippen molar-refractivity contribution in [2.24, 2.45) is 5.73 Å². The summed E-state index contributed by atoms with van der Waals surface area (Å²) in [7, 11) is 0. The number of unbranched alkanes of at least 4 members (excludes halogenated alkanes) is 1. The standard InChI is InChI=1S/C14H17Cl2N3O/c15-7-6-14-18-11-9-10(16)4-5-12(11)19(14)8-2-1-3-13(17)20/h4-5,9H,1-3,6-8H2,(H2,17,20). The van der Waals surface area contributed by atoms with Crippen LogP contribution in [-0.2, 0) is 17.8 Å². The molecule has 2 N–H and O–H groups in total. The van der Waals surface area contributed by atoms with Gasteiger partial charge in [-0.1, -0.05) is 11.6 Å². The smallest absolute Gasteiger partial charge is 0.217 e. The zero-order valence-electron chi connectivity index (χ0n) is 11.1. The van der Waals surface area contributed by atoms with E-state index in [0.29, 0.717) is 23.7 Å². The van der Waals surface area contributed by atoms with E-state index < -0.39 is 0 Å². The number of hydrogen-bond acceptors (Lipinski definition) is 2. The van der Waals surface area contributed by atoms with Gasteiger partial charge in [0.15, 0.2) is 0 Å². The molecule has 2 rings (SSSR count). The number of aryl methyl sites for hydroxylation is 2. The van der Waals surface area contributed by atoms with E-state index >= 15 is 0 Å². The molecule has 0 radical (unpaired) electrons. The highest BCUT2D eigenvalue weighted by atomic mass is 35.5. The van der Waals surface area contributed by atoms with Crippen molar-refractivity contribution < 1.29 is 4.79 Å². The van der Waals surface area contributed by atoms with E-state index in [4.69, 9.17) is 28.9 Å². The molecule has 0 unspecified atom stereocenters. The Morgan fingerprint density at radius 2 is 2.15 bits per heavy atom. The van der Waals surface area contributed by atoms with Crippen LogP contribution in [0.2, 0.25) is 5.02 Å². The van der Waals surface area contributed by atoms with Crippen molar-refractivity contribution in [3.63, 3.8) is 0 Å². The highest BCUT2D eigenvalue weighted by Gasteiger charge is 2.10. The van der Waals surface area contributed by atoms with Gasteiger partial charge in [0.25, 0.3) is 0 Å². The highest BCUT2D eigenvalue weighted by Crippen LogP contribution is 2.21. The Balaban J connectivity index is 2.19. The minimum atomic E-state index is -0.256.